The van der Waals surface area contributed by atoms with Crippen molar-refractivity contribution < 1.29 is 14.7 Å². The summed E-state index contributed by atoms with van der Waals surface area (Å²) < 4.78 is 0.822. The number of pyridine rings is 1. The molecule has 5 nitrogen and oxygen atoms in total. The Labute approximate surface area is 101 Å². The molecule has 1 unspecified atom stereocenters. The first kappa shape index (κ1) is 12.6. The van der Waals surface area contributed by atoms with Crippen molar-refractivity contribution >= 4 is 27.8 Å². The first-order chi connectivity index (χ1) is 7.49. The van der Waals surface area contributed by atoms with Crippen LogP contribution in [0.1, 0.15) is 12.6 Å². The Morgan fingerprint density at radius 2 is 2.25 bits per heavy atom. The van der Waals surface area contributed by atoms with Crippen LogP contribution in [0.5, 0.6) is 0 Å². The molecule has 86 valence electrons. The second-order valence-corrected chi connectivity index (χ2v) is 4.18. The van der Waals surface area contributed by atoms with Gasteiger partial charge in [0, 0.05) is 29.7 Å². The third-order valence-corrected chi connectivity index (χ3v) is 2.35. The quantitative estimate of drug-likeness (QED) is 0.865. The fourth-order valence-corrected chi connectivity index (χ4v) is 1.42. The Kier molecular flexibility index (Phi) is 4.42. The lowest BCUT2D eigenvalue weighted by molar-refractivity contribution is -0.141. The van der Waals surface area contributed by atoms with Gasteiger partial charge in [0.2, 0.25) is 5.91 Å². The molecular formula is C10H11BrN2O3. The molecule has 16 heavy (non-hydrogen) atoms. The Morgan fingerprint density at radius 3 is 2.69 bits per heavy atom. The van der Waals surface area contributed by atoms with E-state index >= 15 is 0 Å². The van der Waals surface area contributed by atoms with E-state index in [1.807, 2.05) is 0 Å². The molecule has 0 aliphatic heterocycles. The predicted octanol–water partition coefficient (Wildman–Crippen LogP) is 0.976. The van der Waals surface area contributed by atoms with Gasteiger partial charge in [0.15, 0.2) is 0 Å². The molecule has 0 saturated heterocycles. The van der Waals surface area contributed by atoms with E-state index in [1.54, 1.807) is 18.3 Å². The maximum absolute atomic E-state index is 10.9. The summed E-state index contributed by atoms with van der Waals surface area (Å²) in [6.07, 6.45) is 1.75. The summed E-state index contributed by atoms with van der Waals surface area (Å²) >= 11 is 3.23. The van der Waals surface area contributed by atoms with Crippen LogP contribution in [0, 0.1) is 0 Å². The van der Waals surface area contributed by atoms with Crippen LogP contribution in [0.25, 0.3) is 0 Å². The number of carbonyl (C=O) groups excluding carboxylic acids is 1. The molecule has 1 aromatic heterocycles. The molecule has 1 atom stereocenters. The van der Waals surface area contributed by atoms with E-state index in [9.17, 15) is 9.59 Å². The molecule has 1 heterocycles. The van der Waals surface area contributed by atoms with Crippen molar-refractivity contribution in [3.8, 4) is 0 Å². The molecule has 0 aliphatic rings. The van der Waals surface area contributed by atoms with Crippen LogP contribution >= 0.6 is 15.9 Å². The van der Waals surface area contributed by atoms with Crippen LogP contribution in [0.3, 0.4) is 0 Å². The van der Waals surface area contributed by atoms with Crippen LogP contribution in [0.2, 0.25) is 0 Å². The SMILES string of the molecule is CC(=O)NC(Cc1ccc(Br)cn1)C(=O)O. The van der Waals surface area contributed by atoms with Gasteiger partial charge in [0.25, 0.3) is 0 Å². The number of carbonyl (C=O) groups is 2. The second kappa shape index (κ2) is 5.60. The average Bonchev–Trinajstić information content (AvgIpc) is 2.19. The van der Waals surface area contributed by atoms with E-state index in [0.717, 1.165) is 4.47 Å². The van der Waals surface area contributed by atoms with Crippen LogP contribution < -0.4 is 5.32 Å². The largest absolute Gasteiger partial charge is 0.480 e. The zero-order valence-electron chi connectivity index (χ0n) is 8.61. The van der Waals surface area contributed by atoms with E-state index in [-0.39, 0.29) is 12.3 Å². The van der Waals surface area contributed by atoms with E-state index in [1.165, 1.54) is 6.92 Å². The highest BCUT2D eigenvalue weighted by molar-refractivity contribution is 9.10. The highest BCUT2D eigenvalue weighted by Crippen LogP contribution is 2.08. The Bertz CT molecular complexity index is 392. The number of carboxylic acids is 1. The number of aliphatic carboxylic acids is 1. The van der Waals surface area contributed by atoms with Gasteiger partial charge in [0.1, 0.15) is 6.04 Å². The molecule has 1 amide bonds. The number of hydrogen-bond acceptors (Lipinski definition) is 3. The molecule has 0 fully saturated rings. The lowest BCUT2D eigenvalue weighted by Crippen LogP contribution is -2.41. The number of rotatable bonds is 4. The van der Waals surface area contributed by atoms with Crippen molar-refractivity contribution in [2.45, 2.75) is 19.4 Å². The third kappa shape index (κ3) is 3.98. The lowest BCUT2D eigenvalue weighted by atomic mass is 10.1. The number of nitrogens with zero attached hydrogens (tertiary/aromatic N) is 1. The van der Waals surface area contributed by atoms with Crippen LogP contribution in [0.15, 0.2) is 22.8 Å². The van der Waals surface area contributed by atoms with Crippen molar-refractivity contribution in [2.24, 2.45) is 0 Å². The molecule has 2 N–H and O–H groups in total. The van der Waals surface area contributed by atoms with Gasteiger partial charge in [0.05, 0.1) is 0 Å². The standard InChI is InChI=1S/C10H11BrN2O3/c1-6(14)13-9(10(15)16)4-8-3-2-7(11)5-12-8/h2-3,5,9H,4H2,1H3,(H,13,14)(H,15,16). The Hall–Kier alpha value is -1.43. The molecule has 1 aromatic rings. The summed E-state index contributed by atoms with van der Waals surface area (Å²) in [6, 6.07) is 2.54. The van der Waals surface area contributed by atoms with E-state index < -0.39 is 12.0 Å². The number of hydrogen-bond donors (Lipinski definition) is 2. The molecule has 0 bridgehead atoms. The topological polar surface area (TPSA) is 79.3 Å². The number of halogens is 1. The van der Waals surface area contributed by atoms with Gasteiger partial charge in [-0.05, 0) is 28.1 Å². The average molecular weight is 287 g/mol. The van der Waals surface area contributed by atoms with Crippen LogP contribution in [-0.2, 0) is 16.0 Å². The predicted molar refractivity (Wildman–Crippen MR) is 60.9 cm³/mol. The van der Waals surface area contributed by atoms with Gasteiger partial charge in [-0.1, -0.05) is 0 Å². The van der Waals surface area contributed by atoms with Gasteiger partial charge in [-0.2, -0.15) is 0 Å². The number of carboxylic acid groups (broad SMARTS) is 1. The van der Waals surface area contributed by atoms with Crippen molar-refractivity contribution in [1.82, 2.24) is 10.3 Å². The zero-order chi connectivity index (χ0) is 12.1. The van der Waals surface area contributed by atoms with Gasteiger partial charge in [-0.25, -0.2) is 4.79 Å². The van der Waals surface area contributed by atoms with Gasteiger partial charge in [-0.3, -0.25) is 9.78 Å². The monoisotopic (exact) mass is 286 g/mol. The van der Waals surface area contributed by atoms with Crippen molar-refractivity contribution in [3.05, 3.63) is 28.5 Å². The van der Waals surface area contributed by atoms with E-state index in [4.69, 9.17) is 5.11 Å². The number of amides is 1. The minimum Gasteiger partial charge on any atom is -0.480 e. The molecule has 0 aliphatic carbocycles. The van der Waals surface area contributed by atoms with E-state index in [2.05, 4.69) is 26.2 Å². The van der Waals surface area contributed by atoms with Crippen molar-refractivity contribution in [1.29, 1.82) is 0 Å². The van der Waals surface area contributed by atoms with Gasteiger partial charge >= 0.3 is 5.97 Å². The molecule has 1 rings (SSSR count). The Morgan fingerprint density at radius 1 is 1.56 bits per heavy atom. The third-order valence-electron chi connectivity index (χ3n) is 1.88. The molecule has 6 heteroatoms. The van der Waals surface area contributed by atoms with Gasteiger partial charge < -0.3 is 10.4 Å². The maximum atomic E-state index is 10.9. The summed E-state index contributed by atoms with van der Waals surface area (Å²) in [4.78, 5) is 25.7. The summed E-state index contributed by atoms with van der Waals surface area (Å²) in [7, 11) is 0. The molecule has 0 aromatic carbocycles. The van der Waals surface area contributed by atoms with Crippen LogP contribution in [-0.4, -0.2) is 28.0 Å². The first-order valence-electron chi connectivity index (χ1n) is 4.59. The molecular weight excluding hydrogens is 276 g/mol. The van der Waals surface area contributed by atoms with Crippen molar-refractivity contribution in [2.75, 3.05) is 0 Å². The highest BCUT2D eigenvalue weighted by atomic mass is 79.9. The van der Waals surface area contributed by atoms with Crippen LogP contribution in [0.4, 0.5) is 0 Å². The normalized spacial score (nSPS) is 11.9. The smallest absolute Gasteiger partial charge is 0.326 e. The summed E-state index contributed by atoms with van der Waals surface area (Å²) in [6.45, 7) is 1.28. The minimum atomic E-state index is -1.07. The zero-order valence-corrected chi connectivity index (χ0v) is 10.2. The second-order valence-electron chi connectivity index (χ2n) is 3.26. The Balaban J connectivity index is 2.71. The molecule has 0 spiro atoms. The fraction of sp³-hybridized carbons (Fsp3) is 0.300. The highest BCUT2D eigenvalue weighted by Gasteiger charge is 2.19. The van der Waals surface area contributed by atoms with E-state index in [0.29, 0.717) is 5.69 Å². The molecule has 0 radical (unpaired) electrons. The lowest BCUT2D eigenvalue weighted by Gasteiger charge is -2.12. The number of aromatic nitrogens is 1. The fourth-order valence-electron chi connectivity index (χ4n) is 1.18. The van der Waals surface area contributed by atoms with Crippen molar-refractivity contribution in [3.63, 3.8) is 0 Å². The minimum absolute atomic E-state index is 0.169. The summed E-state index contributed by atoms with van der Waals surface area (Å²) in [5.74, 6) is -1.44. The first-order valence-corrected chi connectivity index (χ1v) is 5.38. The number of nitrogens with one attached hydrogen (secondary N) is 1. The summed E-state index contributed by atoms with van der Waals surface area (Å²) in [5.41, 5.74) is 0.615. The molecule has 0 saturated carbocycles. The van der Waals surface area contributed by atoms with Gasteiger partial charge in [-0.15, -0.1) is 0 Å². The maximum Gasteiger partial charge on any atom is 0.326 e. The summed E-state index contributed by atoms with van der Waals surface area (Å²) in [5, 5.41) is 11.2.